The summed E-state index contributed by atoms with van der Waals surface area (Å²) in [7, 11) is 0. The molecule has 0 saturated heterocycles. The first-order valence-electron chi connectivity index (χ1n) is 6.92. The van der Waals surface area contributed by atoms with E-state index in [0.29, 0.717) is 5.56 Å². The summed E-state index contributed by atoms with van der Waals surface area (Å²) in [6.45, 7) is 0. The van der Waals surface area contributed by atoms with E-state index in [0.717, 1.165) is 12.1 Å². The number of benzene rings is 2. The van der Waals surface area contributed by atoms with Crippen molar-refractivity contribution < 1.29 is 27.2 Å². The second kappa shape index (κ2) is 8.02. The SMILES string of the molecule is O=C(Cc1ccc(F)cc1)NNC(=O)c1ccc(SC(F)(F)F)cc1. The highest BCUT2D eigenvalue weighted by Gasteiger charge is 2.29. The van der Waals surface area contributed by atoms with E-state index in [9.17, 15) is 27.2 Å². The van der Waals surface area contributed by atoms with E-state index in [1.807, 2.05) is 0 Å². The molecule has 0 saturated carbocycles. The van der Waals surface area contributed by atoms with Crippen LogP contribution in [-0.2, 0) is 11.2 Å². The average Bonchev–Trinajstić information content (AvgIpc) is 2.54. The number of hydrogen-bond acceptors (Lipinski definition) is 3. The lowest BCUT2D eigenvalue weighted by atomic mass is 10.1. The molecule has 0 fully saturated rings. The van der Waals surface area contributed by atoms with Crippen LogP contribution in [0.2, 0.25) is 0 Å². The van der Waals surface area contributed by atoms with Crippen molar-refractivity contribution in [1.29, 1.82) is 0 Å². The van der Waals surface area contributed by atoms with Crippen molar-refractivity contribution in [2.45, 2.75) is 16.8 Å². The van der Waals surface area contributed by atoms with Crippen molar-refractivity contribution in [3.63, 3.8) is 0 Å². The largest absolute Gasteiger partial charge is 0.446 e. The lowest BCUT2D eigenvalue weighted by Crippen LogP contribution is -2.42. The minimum absolute atomic E-state index is 0.0515. The molecule has 0 spiro atoms. The number of halogens is 4. The van der Waals surface area contributed by atoms with E-state index in [4.69, 9.17) is 0 Å². The first-order chi connectivity index (χ1) is 11.7. The minimum atomic E-state index is -4.40. The van der Waals surface area contributed by atoms with Crippen LogP contribution in [0.3, 0.4) is 0 Å². The van der Waals surface area contributed by atoms with Crippen LogP contribution < -0.4 is 10.9 Å². The molecule has 4 nitrogen and oxygen atoms in total. The summed E-state index contributed by atoms with van der Waals surface area (Å²) in [4.78, 5) is 23.5. The van der Waals surface area contributed by atoms with Crippen LogP contribution in [0.1, 0.15) is 15.9 Å². The molecule has 2 aromatic rings. The Labute approximate surface area is 144 Å². The molecule has 0 aromatic heterocycles. The fourth-order valence-electron chi connectivity index (χ4n) is 1.84. The third-order valence-corrected chi connectivity index (χ3v) is 3.68. The second-order valence-electron chi connectivity index (χ2n) is 4.88. The summed E-state index contributed by atoms with van der Waals surface area (Å²) in [5, 5.41) is 0. The second-order valence-corrected chi connectivity index (χ2v) is 6.02. The molecular formula is C16H12F4N2O2S. The van der Waals surface area contributed by atoms with Crippen LogP contribution in [-0.4, -0.2) is 17.3 Å². The monoisotopic (exact) mass is 372 g/mol. The maximum absolute atomic E-state index is 12.8. The standard InChI is InChI=1S/C16H12F4N2O2S/c17-12-5-1-10(2-6-12)9-14(23)21-22-15(24)11-3-7-13(8-4-11)25-16(18,19)20/h1-8H,9H2,(H,21,23)(H,22,24). The molecule has 0 bridgehead atoms. The highest BCUT2D eigenvalue weighted by atomic mass is 32.2. The number of nitrogens with one attached hydrogen (secondary N) is 2. The first kappa shape index (κ1) is 18.8. The van der Waals surface area contributed by atoms with E-state index in [-0.39, 0.29) is 28.6 Å². The van der Waals surface area contributed by atoms with Crippen molar-refractivity contribution in [2.24, 2.45) is 0 Å². The quantitative estimate of drug-likeness (QED) is 0.491. The summed E-state index contributed by atoms with van der Waals surface area (Å²) in [5.41, 5.74) is 0.580. The minimum Gasteiger partial charge on any atom is -0.273 e. The van der Waals surface area contributed by atoms with Gasteiger partial charge in [0.15, 0.2) is 0 Å². The van der Waals surface area contributed by atoms with Crippen LogP contribution >= 0.6 is 11.8 Å². The zero-order valence-electron chi connectivity index (χ0n) is 12.6. The van der Waals surface area contributed by atoms with E-state index in [2.05, 4.69) is 10.9 Å². The van der Waals surface area contributed by atoms with E-state index < -0.39 is 23.1 Å². The van der Waals surface area contributed by atoms with Gasteiger partial charge >= 0.3 is 5.51 Å². The average molecular weight is 372 g/mol. The molecule has 2 N–H and O–H groups in total. The van der Waals surface area contributed by atoms with Gasteiger partial charge in [-0.3, -0.25) is 20.4 Å². The molecule has 2 amide bonds. The van der Waals surface area contributed by atoms with E-state index in [1.54, 1.807) is 0 Å². The molecule has 0 unspecified atom stereocenters. The summed E-state index contributed by atoms with van der Waals surface area (Å²) in [5.74, 6) is -1.62. The van der Waals surface area contributed by atoms with Gasteiger partial charge in [0, 0.05) is 10.5 Å². The molecule has 0 aliphatic heterocycles. The van der Waals surface area contributed by atoms with Gasteiger partial charge in [-0.1, -0.05) is 12.1 Å². The number of hydrazine groups is 1. The predicted octanol–water partition coefficient (Wildman–Crippen LogP) is 3.44. The van der Waals surface area contributed by atoms with E-state index >= 15 is 0 Å². The molecule has 132 valence electrons. The zero-order valence-corrected chi connectivity index (χ0v) is 13.4. The number of carbonyl (C=O) groups is 2. The molecule has 0 radical (unpaired) electrons. The van der Waals surface area contributed by atoms with Gasteiger partial charge in [-0.2, -0.15) is 13.2 Å². The molecule has 0 aliphatic rings. The van der Waals surface area contributed by atoms with Gasteiger partial charge in [0.25, 0.3) is 5.91 Å². The van der Waals surface area contributed by atoms with Gasteiger partial charge in [0.1, 0.15) is 5.82 Å². The normalized spacial score (nSPS) is 11.0. The molecule has 25 heavy (non-hydrogen) atoms. The van der Waals surface area contributed by atoms with Crippen LogP contribution in [0.5, 0.6) is 0 Å². The fraction of sp³-hybridized carbons (Fsp3) is 0.125. The van der Waals surface area contributed by atoms with Crippen LogP contribution in [0.25, 0.3) is 0 Å². The highest BCUT2D eigenvalue weighted by molar-refractivity contribution is 8.00. The van der Waals surface area contributed by atoms with Crippen LogP contribution in [0, 0.1) is 5.82 Å². The Bertz CT molecular complexity index is 746. The Kier molecular flexibility index (Phi) is 6.02. The Morgan fingerprint density at radius 3 is 2.08 bits per heavy atom. The smallest absolute Gasteiger partial charge is 0.273 e. The first-order valence-corrected chi connectivity index (χ1v) is 7.74. The van der Waals surface area contributed by atoms with Gasteiger partial charge in [-0.05, 0) is 53.7 Å². The van der Waals surface area contributed by atoms with Crippen molar-refractivity contribution in [2.75, 3.05) is 0 Å². The lowest BCUT2D eigenvalue weighted by molar-refractivity contribution is -0.121. The maximum Gasteiger partial charge on any atom is 0.446 e. The predicted molar refractivity (Wildman–Crippen MR) is 84.1 cm³/mol. The Morgan fingerprint density at radius 1 is 0.920 bits per heavy atom. The van der Waals surface area contributed by atoms with Crippen molar-refractivity contribution in [3.05, 3.63) is 65.5 Å². The number of rotatable bonds is 4. The molecule has 0 aliphatic carbocycles. The molecule has 2 aromatic carbocycles. The molecule has 0 heterocycles. The number of alkyl halides is 3. The molecular weight excluding hydrogens is 360 g/mol. The summed E-state index contributed by atoms with van der Waals surface area (Å²) >= 11 is -0.287. The maximum atomic E-state index is 12.8. The highest BCUT2D eigenvalue weighted by Crippen LogP contribution is 2.36. The number of carbonyl (C=O) groups excluding carboxylic acids is 2. The topological polar surface area (TPSA) is 58.2 Å². The Balaban J connectivity index is 1.85. The van der Waals surface area contributed by atoms with Gasteiger partial charge in [0.05, 0.1) is 6.42 Å². The third-order valence-electron chi connectivity index (χ3n) is 2.94. The van der Waals surface area contributed by atoms with E-state index in [1.165, 1.54) is 36.4 Å². The van der Waals surface area contributed by atoms with Crippen molar-refractivity contribution in [3.8, 4) is 0 Å². The van der Waals surface area contributed by atoms with Gasteiger partial charge < -0.3 is 0 Å². The van der Waals surface area contributed by atoms with Crippen LogP contribution in [0.4, 0.5) is 17.6 Å². The molecule has 9 heteroatoms. The Morgan fingerprint density at radius 2 is 1.52 bits per heavy atom. The molecule has 0 atom stereocenters. The fourth-order valence-corrected chi connectivity index (χ4v) is 2.38. The zero-order chi connectivity index (χ0) is 18.4. The number of thioether (sulfide) groups is 1. The van der Waals surface area contributed by atoms with Gasteiger partial charge in [-0.25, -0.2) is 4.39 Å². The number of amides is 2. The van der Waals surface area contributed by atoms with Gasteiger partial charge in [-0.15, -0.1) is 0 Å². The molecule has 2 rings (SSSR count). The third kappa shape index (κ3) is 6.46. The van der Waals surface area contributed by atoms with Crippen LogP contribution in [0.15, 0.2) is 53.4 Å². The van der Waals surface area contributed by atoms with Gasteiger partial charge in [0.2, 0.25) is 5.91 Å². The summed E-state index contributed by atoms with van der Waals surface area (Å²) in [6.07, 6.45) is -0.0677. The Hall–Kier alpha value is -2.55. The summed E-state index contributed by atoms with van der Waals surface area (Å²) in [6, 6.07) is 10.1. The van der Waals surface area contributed by atoms with Crippen molar-refractivity contribution in [1.82, 2.24) is 10.9 Å². The lowest BCUT2D eigenvalue weighted by Gasteiger charge is -2.09. The number of hydrogen-bond donors (Lipinski definition) is 2. The summed E-state index contributed by atoms with van der Waals surface area (Å²) < 4.78 is 49.4. The van der Waals surface area contributed by atoms with Crippen molar-refractivity contribution >= 4 is 23.6 Å².